The zero-order valence-electron chi connectivity index (χ0n) is 33.8. The van der Waals surface area contributed by atoms with Crippen LogP contribution in [0.2, 0.25) is 0 Å². The summed E-state index contributed by atoms with van der Waals surface area (Å²) in [6.45, 7) is 7.08. The van der Waals surface area contributed by atoms with Crippen molar-refractivity contribution < 1.29 is 73.1 Å². The molecule has 0 radical (unpaired) electrons. The number of likely N-dealkylation sites (N-methyl/N-ethyl adjacent to an activating group) is 1. The van der Waals surface area contributed by atoms with Gasteiger partial charge in [-0.15, -0.1) is 0 Å². The van der Waals surface area contributed by atoms with Crippen molar-refractivity contribution in [2.45, 2.75) is 151 Å². The Morgan fingerprint density at radius 2 is 1.50 bits per heavy atom. The molecule has 0 spiro atoms. The average molecular weight is 814 g/mol. The van der Waals surface area contributed by atoms with E-state index in [0.29, 0.717) is 12.8 Å². The number of methoxy groups -OCH3 is 1. The van der Waals surface area contributed by atoms with Crippen molar-refractivity contribution in [1.29, 1.82) is 0 Å². The minimum Gasteiger partial charge on any atom is -0.507 e. The van der Waals surface area contributed by atoms with Crippen LogP contribution in [0.4, 0.5) is 0 Å². The number of benzene rings is 2. The van der Waals surface area contributed by atoms with E-state index in [0.717, 1.165) is 0 Å². The molecule has 0 aromatic heterocycles. The molecule has 58 heavy (non-hydrogen) atoms. The molecule has 16 nitrogen and oxygen atoms in total. The van der Waals surface area contributed by atoms with Crippen LogP contribution in [0.5, 0.6) is 11.5 Å². The highest BCUT2D eigenvalue weighted by Gasteiger charge is 2.53. The summed E-state index contributed by atoms with van der Waals surface area (Å²) in [7, 11) is 4.93. The Morgan fingerprint density at radius 3 is 2.14 bits per heavy atom. The lowest BCUT2D eigenvalue weighted by atomic mass is 9.67. The largest absolute Gasteiger partial charge is 0.507 e. The van der Waals surface area contributed by atoms with Crippen molar-refractivity contribution in [1.82, 2.24) is 4.90 Å². The summed E-state index contributed by atoms with van der Waals surface area (Å²) in [5.74, 6) is -4.58. The Balaban J connectivity index is 1.13. The Bertz CT molecular complexity index is 1890. The Morgan fingerprint density at radius 1 is 0.845 bits per heavy atom. The van der Waals surface area contributed by atoms with Gasteiger partial charge in [0.1, 0.15) is 29.6 Å². The van der Waals surface area contributed by atoms with Crippen LogP contribution in [-0.4, -0.2) is 142 Å². The van der Waals surface area contributed by atoms with Crippen LogP contribution in [0, 0.1) is 0 Å². The first-order valence-corrected chi connectivity index (χ1v) is 20.0. The van der Waals surface area contributed by atoms with Crippen LogP contribution in [0.15, 0.2) is 24.3 Å². The topological polar surface area (TPSA) is 220 Å². The number of aliphatic hydroxyl groups excluding tert-OH is 2. The van der Waals surface area contributed by atoms with Gasteiger partial charge in [0.05, 0.1) is 60.5 Å². The monoisotopic (exact) mass is 813 g/mol. The molecule has 3 heterocycles. The van der Waals surface area contributed by atoms with Gasteiger partial charge in [0.25, 0.3) is 0 Å². The first-order valence-electron chi connectivity index (χ1n) is 20.0. The van der Waals surface area contributed by atoms with Crippen molar-refractivity contribution >= 4 is 17.5 Å². The second-order valence-electron chi connectivity index (χ2n) is 16.5. The van der Waals surface area contributed by atoms with Gasteiger partial charge >= 0.3 is 5.97 Å². The molecular weight excluding hydrogens is 758 g/mol. The van der Waals surface area contributed by atoms with Crippen LogP contribution in [-0.2, 0) is 38.0 Å². The maximum atomic E-state index is 13.9. The SMILES string of the molecule is CCC1(O)CC(O[C@H]2C[C@H](N(C)C)[C@H](O[C@H]3C[C@H](O)[C@H](O[C@H]4CC[C@H](O)[C@H](C)O4)[C@H](C)O3)[C@H](C)O2)c2c(cc3c(c2O)C(=O)c2c(O)cccc2C3=O)C1C(=O)OC. The molecule has 318 valence electrons. The van der Waals surface area contributed by atoms with Crippen molar-refractivity contribution in [3.63, 3.8) is 0 Å². The number of rotatable bonds is 9. The van der Waals surface area contributed by atoms with Gasteiger partial charge in [-0.1, -0.05) is 19.1 Å². The number of ether oxygens (including phenoxy) is 7. The summed E-state index contributed by atoms with van der Waals surface area (Å²) in [6.07, 6.45) is -6.52. The minimum absolute atomic E-state index is 0.0305. The highest BCUT2D eigenvalue weighted by molar-refractivity contribution is 6.30. The normalized spacial score (nSPS) is 37.5. The number of esters is 1. The molecule has 5 aliphatic rings. The standard InChI is InChI=1S/C42H55NO15/c1-8-42(51)17-28(33-22(35(42)41(50)52-7)14-23-34(38(33)49)37(48)32-21(36(23)47)10-9-11-26(32)45)56-30-15-24(43(5)6)39(19(3)54-30)58-31-16-27(46)40(20(4)55-31)57-29-13-12-25(44)18(2)53-29/h9-11,14,18-20,24-25,27-31,35,39-40,44-46,49,51H,8,12-13,15-17H2,1-7H3/t18-,19-,20-,24-,25-,27-,28?,29-,30-,31-,35?,39+,40+,42?/m0/s1. The zero-order chi connectivity index (χ0) is 42.0. The lowest BCUT2D eigenvalue weighted by molar-refractivity contribution is -0.328. The molecule has 0 amide bonds. The van der Waals surface area contributed by atoms with E-state index in [9.17, 15) is 39.9 Å². The zero-order valence-corrected chi connectivity index (χ0v) is 33.8. The van der Waals surface area contributed by atoms with Gasteiger partial charge < -0.3 is 63.6 Å². The molecule has 14 atom stereocenters. The fourth-order valence-electron chi connectivity index (χ4n) is 9.38. The van der Waals surface area contributed by atoms with Gasteiger partial charge in [0, 0.05) is 48.4 Å². The van der Waals surface area contributed by atoms with Gasteiger partial charge in [-0.3, -0.25) is 14.4 Å². The third-order valence-corrected chi connectivity index (χ3v) is 12.6. The summed E-state index contributed by atoms with van der Waals surface area (Å²) in [5.41, 5.74) is -2.47. The van der Waals surface area contributed by atoms with E-state index in [1.54, 1.807) is 20.8 Å². The quantitative estimate of drug-likeness (QED) is 0.196. The smallest absolute Gasteiger partial charge is 0.316 e. The summed E-state index contributed by atoms with van der Waals surface area (Å²) >= 11 is 0. The van der Waals surface area contributed by atoms with Gasteiger partial charge in [0.15, 0.2) is 24.7 Å². The Kier molecular flexibility index (Phi) is 12.1. The van der Waals surface area contributed by atoms with E-state index in [1.165, 1.54) is 31.4 Å². The first-order chi connectivity index (χ1) is 27.5. The number of hydrogen-bond donors (Lipinski definition) is 5. The second kappa shape index (κ2) is 16.5. The van der Waals surface area contributed by atoms with Crippen LogP contribution >= 0.6 is 0 Å². The average Bonchev–Trinajstić information content (AvgIpc) is 3.17. The predicted molar refractivity (Wildman–Crippen MR) is 202 cm³/mol. The number of aliphatic hydroxyl groups is 3. The van der Waals surface area contributed by atoms with E-state index in [2.05, 4.69) is 0 Å². The summed E-state index contributed by atoms with van der Waals surface area (Å²) in [4.78, 5) is 43.1. The number of aromatic hydroxyl groups is 2. The Hall–Kier alpha value is -3.55. The molecule has 3 fully saturated rings. The maximum Gasteiger partial charge on any atom is 0.316 e. The molecule has 16 heteroatoms. The molecule has 0 saturated carbocycles. The van der Waals surface area contributed by atoms with Crippen molar-refractivity contribution in [3.8, 4) is 11.5 Å². The lowest BCUT2D eigenvalue weighted by Crippen LogP contribution is -2.58. The fourth-order valence-corrected chi connectivity index (χ4v) is 9.38. The number of fused-ring (bicyclic) bond motifs is 3. The molecule has 3 aliphatic heterocycles. The summed E-state index contributed by atoms with van der Waals surface area (Å²) in [6, 6.07) is 5.12. The Labute approximate surface area is 336 Å². The molecule has 7 rings (SSSR count). The van der Waals surface area contributed by atoms with E-state index < -0.39 is 108 Å². The van der Waals surface area contributed by atoms with E-state index in [4.69, 9.17) is 33.2 Å². The number of ketones is 2. The molecule has 0 bridgehead atoms. The lowest BCUT2D eigenvalue weighted by Gasteiger charge is -2.48. The van der Waals surface area contributed by atoms with Gasteiger partial charge in [-0.25, -0.2) is 0 Å². The number of carbonyl (C=O) groups is 3. The number of nitrogens with zero attached hydrogens (tertiary/aromatic N) is 1. The van der Waals surface area contributed by atoms with Gasteiger partial charge in [0.2, 0.25) is 5.78 Å². The molecular formula is C42H55NO15. The molecule has 2 aliphatic carbocycles. The molecule has 3 saturated heterocycles. The summed E-state index contributed by atoms with van der Waals surface area (Å²) in [5, 5.41) is 55.9. The number of phenolic OH excluding ortho intramolecular Hbond substituents is 2. The van der Waals surface area contributed by atoms with Crippen LogP contribution < -0.4 is 0 Å². The van der Waals surface area contributed by atoms with Gasteiger partial charge in [-0.2, -0.15) is 0 Å². The van der Waals surface area contributed by atoms with E-state index in [1.807, 2.05) is 25.9 Å². The number of phenols is 2. The highest BCUT2D eigenvalue weighted by atomic mass is 16.7. The fraction of sp³-hybridized carbons (Fsp3) is 0.643. The summed E-state index contributed by atoms with van der Waals surface area (Å²) < 4.78 is 42.8. The highest BCUT2D eigenvalue weighted by Crippen LogP contribution is 2.54. The third kappa shape index (κ3) is 7.57. The third-order valence-electron chi connectivity index (χ3n) is 12.6. The predicted octanol–water partition coefficient (Wildman–Crippen LogP) is 2.95. The first kappa shape index (κ1) is 42.6. The molecule has 2 aromatic carbocycles. The minimum atomic E-state index is -1.75. The van der Waals surface area contributed by atoms with Crippen LogP contribution in [0.1, 0.15) is 121 Å². The van der Waals surface area contributed by atoms with Gasteiger partial charge in [-0.05, 0) is 65.4 Å². The van der Waals surface area contributed by atoms with E-state index in [-0.39, 0.29) is 65.1 Å². The molecule has 2 aromatic rings. The van der Waals surface area contributed by atoms with E-state index >= 15 is 0 Å². The van der Waals surface area contributed by atoms with Crippen molar-refractivity contribution in [3.05, 3.63) is 57.6 Å². The van der Waals surface area contributed by atoms with Crippen molar-refractivity contribution in [2.24, 2.45) is 0 Å². The number of hydrogen-bond acceptors (Lipinski definition) is 16. The van der Waals surface area contributed by atoms with Crippen LogP contribution in [0.25, 0.3) is 0 Å². The number of carbonyl (C=O) groups excluding carboxylic acids is 3. The molecule has 3 unspecified atom stereocenters. The van der Waals surface area contributed by atoms with Crippen molar-refractivity contribution in [2.75, 3.05) is 21.2 Å². The maximum absolute atomic E-state index is 13.9. The molecule has 5 N–H and O–H groups in total. The second-order valence-corrected chi connectivity index (χ2v) is 16.5. The van der Waals surface area contributed by atoms with Crippen LogP contribution in [0.3, 0.4) is 0 Å².